The van der Waals surface area contributed by atoms with Crippen LogP contribution in [0.15, 0.2) is 48.0 Å². The largest absolute Gasteiger partial charge is 0.493 e. The molecule has 1 aliphatic heterocycles. The van der Waals surface area contributed by atoms with E-state index in [4.69, 9.17) is 9.47 Å². The van der Waals surface area contributed by atoms with E-state index in [1.165, 1.54) is 57.1 Å². The smallest absolute Gasteiger partial charge is 0.335 e. The number of nitro groups is 1. The summed E-state index contributed by atoms with van der Waals surface area (Å²) in [5.74, 6) is -0.785. The highest BCUT2D eigenvalue weighted by molar-refractivity contribution is 6.39. The van der Waals surface area contributed by atoms with Gasteiger partial charge in [0.1, 0.15) is 5.57 Å². The van der Waals surface area contributed by atoms with Gasteiger partial charge in [0.2, 0.25) is 0 Å². The molecule has 1 N–H and O–H groups in total. The molecule has 0 unspecified atom stereocenters. The van der Waals surface area contributed by atoms with Gasteiger partial charge in [-0.2, -0.15) is 0 Å². The van der Waals surface area contributed by atoms with Gasteiger partial charge in [-0.05, 0) is 36.3 Å². The molecule has 1 heterocycles. The van der Waals surface area contributed by atoms with Gasteiger partial charge >= 0.3 is 6.03 Å². The zero-order valence-corrected chi connectivity index (χ0v) is 20.3. The van der Waals surface area contributed by atoms with Crippen molar-refractivity contribution in [3.8, 4) is 11.5 Å². The van der Waals surface area contributed by atoms with Crippen LogP contribution in [0.2, 0.25) is 0 Å². The highest BCUT2D eigenvalue weighted by atomic mass is 16.6. The zero-order chi connectivity index (χ0) is 26.1. The average molecular weight is 496 g/mol. The number of rotatable bonds is 12. The lowest BCUT2D eigenvalue weighted by molar-refractivity contribution is -0.384. The number of ether oxygens (including phenoxy) is 2. The Bertz CT molecular complexity index is 1180. The molecule has 2 aromatic carbocycles. The quantitative estimate of drug-likeness (QED) is 0.144. The van der Waals surface area contributed by atoms with E-state index in [0.29, 0.717) is 28.6 Å². The van der Waals surface area contributed by atoms with Crippen LogP contribution in [-0.2, 0) is 9.59 Å². The molecule has 0 saturated carbocycles. The highest BCUT2D eigenvalue weighted by Crippen LogP contribution is 2.30. The SMILES string of the molecule is CCCCCCCCOc1ccc(/C=C2/C(=O)NC(=O)N(c3cccc([N+](=O)[O-])c3)C2=O)cc1OC. The Morgan fingerprint density at radius 2 is 1.75 bits per heavy atom. The summed E-state index contributed by atoms with van der Waals surface area (Å²) in [6, 6.07) is 9.04. The van der Waals surface area contributed by atoms with Gasteiger partial charge in [0.05, 0.1) is 24.3 Å². The molecule has 0 bridgehead atoms. The van der Waals surface area contributed by atoms with Crippen LogP contribution in [0.1, 0.15) is 51.0 Å². The van der Waals surface area contributed by atoms with E-state index in [0.717, 1.165) is 18.9 Å². The summed E-state index contributed by atoms with van der Waals surface area (Å²) < 4.78 is 11.3. The van der Waals surface area contributed by atoms with E-state index in [9.17, 15) is 24.5 Å². The standard InChI is InChI=1S/C26H29N3O7/c1-3-4-5-6-7-8-14-36-22-13-12-18(16-23(22)35-2)15-21-24(30)27-26(32)28(25(21)31)19-10-9-11-20(17-19)29(33)34/h9-13,15-17H,3-8,14H2,1-2H3,(H,27,30,32)/b21-15-. The number of nitrogens with zero attached hydrogens (tertiary/aromatic N) is 2. The van der Waals surface area contributed by atoms with Crippen molar-refractivity contribution in [3.63, 3.8) is 0 Å². The lowest BCUT2D eigenvalue weighted by atomic mass is 10.1. The first kappa shape index (κ1) is 26.4. The molecule has 10 heteroatoms. The molecule has 1 aliphatic rings. The molecule has 36 heavy (non-hydrogen) atoms. The second-order valence-electron chi connectivity index (χ2n) is 8.26. The number of nitrogens with one attached hydrogen (secondary N) is 1. The summed E-state index contributed by atoms with van der Waals surface area (Å²) in [5.41, 5.74) is -0.146. The number of barbiturate groups is 1. The van der Waals surface area contributed by atoms with E-state index in [2.05, 4.69) is 12.2 Å². The maximum atomic E-state index is 13.1. The number of anilines is 1. The number of unbranched alkanes of at least 4 members (excludes halogenated alkanes) is 5. The summed E-state index contributed by atoms with van der Waals surface area (Å²) >= 11 is 0. The van der Waals surface area contributed by atoms with Crippen LogP contribution in [0.4, 0.5) is 16.2 Å². The van der Waals surface area contributed by atoms with Crippen molar-refractivity contribution in [2.24, 2.45) is 0 Å². The number of carbonyl (C=O) groups is 3. The second-order valence-corrected chi connectivity index (χ2v) is 8.26. The Kier molecular flexibility index (Phi) is 9.15. The van der Waals surface area contributed by atoms with Crippen molar-refractivity contribution >= 4 is 35.3 Å². The molecule has 0 aromatic heterocycles. The summed E-state index contributed by atoms with van der Waals surface area (Å²) in [5, 5.41) is 13.2. The number of nitro benzene ring substituents is 1. The molecule has 2 aromatic rings. The molecule has 190 valence electrons. The van der Waals surface area contributed by atoms with E-state index in [1.807, 2.05) is 0 Å². The third kappa shape index (κ3) is 6.47. The third-order valence-electron chi connectivity index (χ3n) is 5.65. The predicted octanol–water partition coefficient (Wildman–Crippen LogP) is 5.01. The maximum Gasteiger partial charge on any atom is 0.335 e. The molecule has 0 radical (unpaired) electrons. The van der Waals surface area contributed by atoms with E-state index < -0.39 is 22.8 Å². The normalized spacial score (nSPS) is 14.7. The van der Waals surface area contributed by atoms with Crippen molar-refractivity contribution in [3.05, 3.63) is 63.7 Å². The van der Waals surface area contributed by atoms with Gasteiger partial charge in [0, 0.05) is 12.1 Å². The van der Waals surface area contributed by atoms with Crippen LogP contribution in [0.3, 0.4) is 0 Å². The number of carbonyl (C=O) groups excluding carboxylic acids is 3. The molecular formula is C26H29N3O7. The minimum absolute atomic E-state index is 0.0267. The van der Waals surface area contributed by atoms with Gasteiger partial charge in [-0.3, -0.25) is 25.0 Å². The van der Waals surface area contributed by atoms with Crippen LogP contribution in [0.5, 0.6) is 11.5 Å². The van der Waals surface area contributed by atoms with Crippen molar-refractivity contribution in [2.45, 2.75) is 45.4 Å². The topological polar surface area (TPSA) is 128 Å². The summed E-state index contributed by atoms with van der Waals surface area (Å²) in [4.78, 5) is 49.0. The van der Waals surface area contributed by atoms with Crippen molar-refractivity contribution in [2.75, 3.05) is 18.6 Å². The van der Waals surface area contributed by atoms with Crippen LogP contribution < -0.4 is 19.7 Å². The predicted molar refractivity (Wildman–Crippen MR) is 134 cm³/mol. The number of benzene rings is 2. The van der Waals surface area contributed by atoms with E-state index >= 15 is 0 Å². The Balaban J connectivity index is 1.77. The Morgan fingerprint density at radius 3 is 2.47 bits per heavy atom. The lowest BCUT2D eigenvalue weighted by Crippen LogP contribution is -2.54. The molecule has 10 nitrogen and oxygen atoms in total. The van der Waals surface area contributed by atoms with E-state index in [1.54, 1.807) is 18.2 Å². The molecule has 0 spiro atoms. The Labute approximate surface area is 209 Å². The van der Waals surface area contributed by atoms with Crippen LogP contribution >= 0.6 is 0 Å². The fourth-order valence-electron chi connectivity index (χ4n) is 3.76. The van der Waals surface area contributed by atoms with Crippen LogP contribution in [0, 0.1) is 10.1 Å². The maximum absolute atomic E-state index is 13.1. The fourth-order valence-corrected chi connectivity index (χ4v) is 3.76. The molecular weight excluding hydrogens is 466 g/mol. The van der Waals surface area contributed by atoms with Gasteiger partial charge in [-0.15, -0.1) is 0 Å². The van der Waals surface area contributed by atoms with Crippen molar-refractivity contribution in [1.82, 2.24) is 5.32 Å². The van der Waals surface area contributed by atoms with Crippen molar-refractivity contribution < 1.29 is 28.8 Å². The molecule has 1 fully saturated rings. The van der Waals surface area contributed by atoms with Gasteiger partial charge in [0.25, 0.3) is 17.5 Å². The van der Waals surface area contributed by atoms with Crippen molar-refractivity contribution in [1.29, 1.82) is 0 Å². The monoisotopic (exact) mass is 495 g/mol. The molecule has 1 saturated heterocycles. The molecule has 3 rings (SSSR count). The first-order chi connectivity index (χ1) is 17.3. The Hall–Kier alpha value is -4.21. The highest BCUT2D eigenvalue weighted by Gasteiger charge is 2.37. The molecule has 4 amide bonds. The van der Waals surface area contributed by atoms with Gasteiger partial charge in [-0.25, -0.2) is 9.69 Å². The number of hydrogen-bond acceptors (Lipinski definition) is 7. The summed E-state index contributed by atoms with van der Waals surface area (Å²) in [7, 11) is 1.49. The number of methoxy groups -OCH3 is 1. The lowest BCUT2D eigenvalue weighted by Gasteiger charge is -2.26. The Morgan fingerprint density at radius 1 is 1.00 bits per heavy atom. The third-order valence-corrected chi connectivity index (χ3v) is 5.65. The number of amides is 4. The van der Waals surface area contributed by atoms with Crippen LogP contribution in [0.25, 0.3) is 6.08 Å². The zero-order valence-electron chi connectivity index (χ0n) is 20.3. The number of non-ortho nitro benzene ring substituents is 1. The fraction of sp³-hybridized carbons (Fsp3) is 0.346. The van der Waals surface area contributed by atoms with Gasteiger partial charge < -0.3 is 9.47 Å². The average Bonchev–Trinajstić information content (AvgIpc) is 2.86. The number of urea groups is 1. The second kappa shape index (κ2) is 12.5. The molecule has 0 aliphatic carbocycles. The number of imide groups is 2. The summed E-state index contributed by atoms with van der Waals surface area (Å²) in [6.07, 6.45) is 8.18. The van der Waals surface area contributed by atoms with Gasteiger partial charge in [-0.1, -0.05) is 51.2 Å². The van der Waals surface area contributed by atoms with Gasteiger partial charge in [0.15, 0.2) is 11.5 Å². The minimum atomic E-state index is -0.987. The summed E-state index contributed by atoms with van der Waals surface area (Å²) in [6.45, 7) is 2.72. The van der Waals surface area contributed by atoms with E-state index in [-0.39, 0.29) is 16.9 Å². The first-order valence-corrected chi connectivity index (χ1v) is 11.8. The van der Waals surface area contributed by atoms with Crippen LogP contribution in [-0.4, -0.2) is 36.5 Å². The minimum Gasteiger partial charge on any atom is -0.493 e. The first-order valence-electron chi connectivity index (χ1n) is 11.8. The molecule has 0 atom stereocenters. The number of hydrogen-bond donors (Lipinski definition) is 1.